The zero-order chi connectivity index (χ0) is 18.0. The molecule has 25 heavy (non-hydrogen) atoms. The molecule has 0 unspecified atom stereocenters. The third-order valence-electron chi connectivity index (χ3n) is 5.32. The van der Waals surface area contributed by atoms with Gasteiger partial charge in [0, 0.05) is 30.5 Å². The van der Waals surface area contributed by atoms with Gasteiger partial charge in [-0.3, -0.25) is 9.59 Å². The Morgan fingerprint density at radius 2 is 1.60 bits per heavy atom. The predicted molar refractivity (Wildman–Crippen MR) is 101 cm³/mol. The number of anilines is 2. The molecule has 1 saturated carbocycles. The minimum absolute atomic E-state index is 0.202. The molecular weight excluding hydrogens is 314 g/mol. The Hall–Kier alpha value is -2.04. The van der Waals surface area contributed by atoms with Crippen LogP contribution in [0.4, 0.5) is 11.4 Å². The van der Waals surface area contributed by atoms with Gasteiger partial charge in [0.05, 0.1) is 0 Å². The quantitative estimate of drug-likeness (QED) is 0.807. The van der Waals surface area contributed by atoms with Gasteiger partial charge >= 0.3 is 0 Å². The van der Waals surface area contributed by atoms with Crippen LogP contribution in [0, 0.1) is 11.3 Å². The molecule has 1 aliphatic carbocycles. The van der Waals surface area contributed by atoms with Crippen molar-refractivity contribution >= 4 is 23.2 Å². The lowest BCUT2D eigenvalue weighted by atomic mass is 9.91. The second-order valence-electron chi connectivity index (χ2n) is 8.04. The number of benzene rings is 1. The van der Waals surface area contributed by atoms with E-state index in [-0.39, 0.29) is 17.9 Å². The van der Waals surface area contributed by atoms with Crippen molar-refractivity contribution in [2.45, 2.75) is 52.5 Å². The molecule has 2 N–H and O–H groups in total. The molecule has 2 fully saturated rings. The first-order chi connectivity index (χ1) is 11.9. The van der Waals surface area contributed by atoms with Gasteiger partial charge < -0.3 is 15.5 Å². The van der Waals surface area contributed by atoms with E-state index in [1.54, 1.807) is 13.8 Å². The number of nitrogens with one attached hydrogen (secondary N) is 2. The molecule has 1 saturated heterocycles. The van der Waals surface area contributed by atoms with Gasteiger partial charge in [0.2, 0.25) is 11.8 Å². The lowest BCUT2D eigenvalue weighted by Gasteiger charge is -2.32. The zero-order valence-electron chi connectivity index (χ0n) is 15.5. The van der Waals surface area contributed by atoms with E-state index < -0.39 is 5.41 Å². The van der Waals surface area contributed by atoms with Crippen LogP contribution in [0.25, 0.3) is 0 Å². The molecule has 0 aromatic heterocycles. The zero-order valence-corrected chi connectivity index (χ0v) is 15.5. The number of hydrogen-bond acceptors (Lipinski definition) is 3. The SMILES string of the molecule is CC1CCN(c2ccc(NC(=O)C(C)(C)C(=O)NC3CC3)cc2)CC1. The Balaban J connectivity index is 1.58. The van der Waals surface area contributed by atoms with Crippen LogP contribution < -0.4 is 15.5 Å². The third kappa shape index (κ3) is 4.33. The van der Waals surface area contributed by atoms with Crippen LogP contribution in [0.15, 0.2) is 24.3 Å². The maximum Gasteiger partial charge on any atom is 0.239 e. The van der Waals surface area contributed by atoms with E-state index in [0.29, 0.717) is 0 Å². The molecule has 136 valence electrons. The first kappa shape index (κ1) is 17.8. The molecule has 2 aliphatic rings. The maximum absolute atomic E-state index is 12.5. The molecule has 0 bridgehead atoms. The van der Waals surface area contributed by atoms with Gasteiger partial charge in [-0.15, -0.1) is 0 Å². The standard InChI is InChI=1S/C20H29N3O2/c1-14-10-12-23(13-11-14)17-8-6-16(7-9-17)22-19(25)20(2,3)18(24)21-15-4-5-15/h6-9,14-15H,4-5,10-13H2,1-3H3,(H,21,24)(H,22,25). The van der Waals surface area contributed by atoms with Crippen molar-refractivity contribution in [3.8, 4) is 0 Å². The summed E-state index contributed by atoms with van der Waals surface area (Å²) in [5.41, 5.74) is 0.839. The average molecular weight is 343 g/mol. The van der Waals surface area contributed by atoms with Crippen molar-refractivity contribution in [3.05, 3.63) is 24.3 Å². The molecule has 2 amide bonds. The summed E-state index contributed by atoms with van der Waals surface area (Å²) >= 11 is 0. The lowest BCUT2D eigenvalue weighted by Crippen LogP contribution is -2.45. The lowest BCUT2D eigenvalue weighted by molar-refractivity contribution is -0.138. The Labute approximate surface area is 150 Å². The number of rotatable bonds is 5. The number of amides is 2. The summed E-state index contributed by atoms with van der Waals surface area (Å²) in [5, 5.41) is 5.79. The molecule has 1 heterocycles. The molecule has 0 spiro atoms. The Bertz CT molecular complexity index is 627. The normalized spacial score (nSPS) is 18.8. The van der Waals surface area contributed by atoms with Crippen LogP contribution in [0.5, 0.6) is 0 Å². The van der Waals surface area contributed by atoms with Crippen molar-refractivity contribution in [3.63, 3.8) is 0 Å². The van der Waals surface area contributed by atoms with E-state index in [4.69, 9.17) is 0 Å². The summed E-state index contributed by atoms with van der Waals surface area (Å²) < 4.78 is 0. The van der Waals surface area contributed by atoms with E-state index in [1.807, 2.05) is 24.3 Å². The first-order valence-corrected chi connectivity index (χ1v) is 9.33. The van der Waals surface area contributed by atoms with Crippen LogP contribution in [0.3, 0.4) is 0 Å². The second-order valence-corrected chi connectivity index (χ2v) is 8.04. The molecule has 5 heteroatoms. The van der Waals surface area contributed by atoms with Crippen LogP contribution in [-0.2, 0) is 9.59 Å². The largest absolute Gasteiger partial charge is 0.372 e. The van der Waals surface area contributed by atoms with Crippen molar-refractivity contribution in [2.75, 3.05) is 23.3 Å². The minimum Gasteiger partial charge on any atom is -0.372 e. The minimum atomic E-state index is -1.08. The van der Waals surface area contributed by atoms with E-state index in [0.717, 1.165) is 37.5 Å². The van der Waals surface area contributed by atoms with Crippen molar-refractivity contribution < 1.29 is 9.59 Å². The van der Waals surface area contributed by atoms with E-state index in [2.05, 4.69) is 22.5 Å². The van der Waals surface area contributed by atoms with E-state index >= 15 is 0 Å². The van der Waals surface area contributed by atoms with Gasteiger partial charge in [0.25, 0.3) is 0 Å². The first-order valence-electron chi connectivity index (χ1n) is 9.33. The van der Waals surface area contributed by atoms with Gasteiger partial charge in [-0.2, -0.15) is 0 Å². The van der Waals surface area contributed by atoms with Gasteiger partial charge in [-0.1, -0.05) is 6.92 Å². The summed E-state index contributed by atoms with van der Waals surface area (Å²) in [4.78, 5) is 27.2. The maximum atomic E-state index is 12.5. The molecule has 1 aromatic rings. The van der Waals surface area contributed by atoms with Crippen LogP contribution in [0.1, 0.15) is 46.5 Å². The Morgan fingerprint density at radius 1 is 1.00 bits per heavy atom. The molecule has 3 rings (SSSR count). The fraction of sp³-hybridized carbons (Fsp3) is 0.600. The highest BCUT2D eigenvalue weighted by Crippen LogP contribution is 2.26. The number of piperidine rings is 1. The molecule has 0 radical (unpaired) electrons. The Morgan fingerprint density at radius 3 is 2.16 bits per heavy atom. The molecule has 1 aliphatic heterocycles. The van der Waals surface area contributed by atoms with Crippen LogP contribution >= 0.6 is 0 Å². The van der Waals surface area contributed by atoms with Crippen LogP contribution in [-0.4, -0.2) is 30.9 Å². The van der Waals surface area contributed by atoms with E-state index in [1.165, 1.54) is 18.5 Å². The monoisotopic (exact) mass is 343 g/mol. The molecule has 0 atom stereocenters. The van der Waals surface area contributed by atoms with Gasteiger partial charge in [0.15, 0.2) is 0 Å². The third-order valence-corrected chi connectivity index (χ3v) is 5.32. The van der Waals surface area contributed by atoms with Crippen molar-refractivity contribution in [1.29, 1.82) is 0 Å². The summed E-state index contributed by atoms with van der Waals surface area (Å²) in [7, 11) is 0. The number of nitrogens with zero attached hydrogens (tertiary/aromatic N) is 1. The Kier molecular flexibility index (Phi) is 5.02. The fourth-order valence-corrected chi connectivity index (χ4v) is 3.01. The summed E-state index contributed by atoms with van der Waals surface area (Å²) in [6.07, 6.45) is 4.48. The molecular formula is C20H29N3O2. The molecule has 5 nitrogen and oxygen atoms in total. The van der Waals surface area contributed by atoms with Gasteiger partial charge in [-0.05, 0) is 69.7 Å². The topological polar surface area (TPSA) is 61.4 Å². The fourth-order valence-electron chi connectivity index (χ4n) is 3.01. The summed E-state index contributed by atoms with van der Waals surface area (Å²) in [6.45, 7) is 7.81. The number of hydrogen-bond donors (Lipinski definition) is 2. The van der Waals surface area contributed by atoms with Crippen LogP contribution in [0.2, 0.25) is 0 Å². The van der Waals surface area contributed by atoms with Gasteiger partial charge in [0.1, 0.15) is 5.41 Å². The van der Waals surface area contributed by atoms with E-state index in [9.17, 15) is 9.59 Å². The number of carbonyl (C=O) groups excluding carboxylic acids is 2. The summed E-state index contributed by atoms with van der Waals surface area (Å²) in [6, 6.07) is 8.18. The van der Waals surface area contributed by atoms with Gasteiger partial charge in [-0.25, -0.2) is 0 Å². The highest BCUT2D eigenvalue weighted by Gasteiger charge is 2.38. The smallest absolute Gasteiger partial charge is 0.239 e. The van der Waals surface area contributed by atoms with Crippen molar-refractivity contribution in [1.82, 2.24) is 5.32 Å². The highest BCUT2D eigenvalue weighted by atomic mass is 16.2. The summed E-state index contributed by atoms with van der Waals surface area (Å²) in [5.74, 6) is 0.329. The number of carbonyl (C=O) groups is 2. The average Bonchev–Trinajstić information content (AvgIpc) is 3.40. The highest BCUT2D eigenvalue weighted by molar-refractivity contribution is 6.10. The van der Waals surface area contributed by atoms with Crippen molar-refractivity contribution in [2.24, 2.45) is 11.3 Å². The molecule has 1 aromatic carbocycles. The second kappa shape index (κ2) is 7.06. The predicted octanol–water partition coefficient (Wildman–Crippen LogP) is 3.17.